The van der Waals surface area contributed by atoms with Crippen LogP contribution in [0.4, 0.5) is 21.9 Å². The lowest BCUT2D eigenvalue weighted by Gasteiger charge is -2.31. The van der Waals surface area contributed by atoms with Gasteiger partial charge in [0, 0.05) is 36.9 Å². The number of amides is 3. The summed E-state index contributed by atoms with van der Waals surface area (Å²) < 4.78 is 25.5. The summed E-state index contributed by atoms with van der Waals surface area (Å²) in [6, 6.07) is 16.0. The van der Waals surface area contributed by atoms with Crippen molar-refractivity contribution >= 4 is 39.0 Å². The number of hydrogen-bond donors (Lipinski definition) is 2. The third-order valence-corrected chi connectivity index (χ3v) is 7.57. The molecule has 2 aliphatic heterocycles. The Balaban J connectivity index is 1.28. The predicted octanol–water partition coefficient (Wildman–Crippen LogP) is 3.11. The molecule has 0 spiro atoms. The van der Waals surface area contributed by atoms with Crippen molar-refractivity contribution in [3.8, 4) is 0 Å². The molecule has 164 valence electrons. The lowest BCUT2D eigenvalue weighted by Crippen LogP contribution is -2.43. The van der Waals surface area contributed by atoms with Crippen molar-refractivity contribution < 1.29 is 18.0 Å². The highest BCUT2D eigenvalue weighted by molar-refractivity contribution is 7.93. The minimum absolute atomic E-state index is 0.0790. The van der Waals surface area contributed by atoms with Crippen molar-refractivity contribution in [3.05, 3.63) is 54.6 Å². The SMILES string of the molecule is O=C(Nc1ccc(N2CCCS2(=O)=O)cc1)C1CCN(C(=O)Nc2ccccc2)CC1. The maximum atomic E-state index is 12.6. The summed E-state index contributed by atoms with van der Waals surface area (Å²) in [7, 11) is -3.22. The Morgan fingerprint density at radius 1 is 0.839 bits per heavy atom. The van der Waals surface area contributed by atoms with Crippen LogP contribution in [0, 0.1) is 5.92 Å². The van der Waals surface area contributed by atoms with Gasteiger partial charge < -0.3 is 15.5 Å². The quantitative estimate of drug-likeness (QED) is 0.760. The molecule has 3 amide bonds. The fraction of sp³-hybridized carbons (Fsp3) is 0.364. The number of rotatable bonds is 4. The van der Waals surface area contributed by atoms with E-state index in [1.807, 2.05) is 30.3 Å². The summed E-state index contributed by atoms with van der Waals surface area (Å²) in [6.07, 6.45) is 1.82. The zero-order chi connectivity index (χ0) is 21.8. The number of anilines is 3. The Kier molecular flexibility index (Phi) is 6.13. The van der Waals surface area contributed by atoms with Crippen molar-refractivity contribution in [2.75, 3.05) is 40.3 Å². The Hall–Kier alpha value is -3.07. The molecule has 2 aromatic carbocycles. The number of nitrogens with one attached hydrogen (secondary N) is 2. The molecule has 0 radical (unpaired) electrons. The highest BCUT2D eigenvalue weighted by Gasteiger charge is 2.29. The largest absolute Gasteiger partial charge is 0.326 e. The average Bonchev–Trinajstić information content (AvgIpc) is 3.14. The Bertz CT molecular complexity index is 1030. The summed E-state index contributed by atoms with van der Waals surface area (Å²) in [4.78, 5) is 26.8. The van der Waals surface area contributed by atoms with Crippen LogP contribution in [0.3, 0.4) is 0 Å². The molecule has 9 heteroatoms. The summed E-state index contributed by atoms with van der Waals surface area (Å²) in [5.41, 5.74) is 2.00. The molecular weight excluding hydrogens is 416 g/mol. The van der Waals surface area contributed by atoms with E-state index in [4.69, 9.17) is 0 Å². The van der Waals surface area contributed by atoms with E-state index < -0.39 is 10.0 Å². The van der Waals surface area contributed by atoms with Gasteiger partial charge >= 0.3 is 6.03 Å². The molecule has 0 unspecified atom stereocenters. The van der Waals surface area contributed by atoms with Crippen LogP contribution < -0.4 is 14.9 Å². The maximum absolute atomic E-state index is 12.6. The first kappa shape index (κ1) is 21.2. The van der Waals surface area contributed by atoms with Crippen LogP contribution in [-0.4, -0.2) is 50.6 Å². The minimum atomic E-state index is -3.22. The molecule has 8 nitrogen and oxygen atoms in total. The second-order valence-electron chi connectivity index (χ2n) is 7.84. The van der Waals surface area contributed by atoms with Gasteiger partial charge in [-0.05, 0) is 55.7 Å². The lowest BCUT2D eigenvalue weighted by atomic mass is 9.96. The molecule has 0 bridgehead atoms. The molecule has 0 saturated carbocycles. The first-order valence-electron chi connectivity index (χ1n) is 10.4. The van der Waals surface area contributed by atoms with E-state index in [1.54, 1.807) is 29.2 Å². The van der Waals surface area contributed by atoms with Crippen LogP contribution >= 0.6 is 0 Å². The summed E-state index contributed by atoms with van der Waals surface area (Å²) in [5.74, 6) is -0.0721. The van der Waals surface area contributed by atoms with E-state index in [0.717, 1.165) is 5.69 Å². The summed E-state index contributed by atoms with van der Waals surface area (Å²) >= 11 is 0. The van der Waals surface area contributed by atoms with Crippen LogP contribution in [0.5, 0.6) is 0 Å². The van der Waals surface area contributed by atoms with Gasteiger partial charge in [0.2, 0.25) is 15.9 Å². The number of carbonyl (C=O) groups is 2. The van der Waals surface area contributed by atoms with Gasteiger partial charge in [-0.25, -0.2) is 13.2 Å². The van der Waals surface area contributed by atoms with E-state index >= 15 is 0 Å². The monoisotopic (exact) mass is 442 g/mol. The lowest BCUT2D eigenvalue weighted by molar-refractivity contribution is -0.121. The molecule has 0 aliphatic carbocycles. The number of nitrogens with zero attached hydrogens (tertiary/aromatic N) is 2. The van der Waals surface area contributed by atoms with Gasteiger partial charge in [-0.3, -0.25) is 9.10 Å². The molecule has 4 rings (SSSR count). The third kappa shape index (κ3) is 4.99. The van der Waals surface area contributed by atoms with Crippen LogP contribution in [0.15, 0.2) is 54.6 Å². The molecule has 2 heterocycles. The number of likely N-dealkylation sites (tertiary alicyclic amines) is 1. The maximum Gasteiger partial charge on any atom is 0.321 e. The number of hydrogen-bond acceptors (Lipinski definition) is 4. The smallest absolute Gasteiger partial charge is 0.321 e. The Morgan fingerprint density at radius 2 is 1.48 bits per heavy atom. The molecular formula is C22H26N4O4S. The van der Waals surface area contributed by atoms with Crippen molar-refractivity contribution in [1.82, 2.24) is 4.90 Å². The normalized spacial score (nSPS) is 18.6. The second-order valence-corrected chi connectivity index (χ2v) is 9.85. The fourth-order valence-electron chi connectivity index (χ4n) is 3.95. The average molecular weight is 443 g/mol. The number of carbonyl (C=O) groups excluding carboxylic acids is 2. The van der Waals surface area contributed by atoms with Crippen molar-refractivity contribution in [3.63, 3.8) is 0 Å². The molecule has 2 fully saturated rings. The van der Waals surface area contributed by atoms with E-state index in [1.165, 1.54) is 4.31 Å². The van der Waals surface area contributed by atoms with Crippen LogP contribution in [0.25, 0.3) is 0 Å². The topological polar surface area (TPSA) is 98.8 Å². The first-order chi connectivity index (χ1) is 14.9. The second kappa shape index (κ2) is 8.97. The minimum Gasteiger partial charge on any atom is -0.326 e. The van der Waals surface area contributed by atoms with E-state index in [2.05, 4.69) is 10.6 Å². The van der Waals surface area contributed by atoms with Crippen LogP contribution in [0.1, 0.15) is 19.3 Å². The molecule has 0 aromatic heterocycles. The zero-order valence-corrected chi connectivity index (χ0v) is 18.0. The number of urea groups is 1. The number of sulfonamides is 1. The van der Waals surface area contributed by atoms with Crippen LogP contribution in [0.2, 0.25) is 0 Å². The van der Waals surface area contributed by atoms with Crippen molar-refractivity contribution in [2.24, 2.45) is 5.92 Å². The van der Waals surface area contributed by atoms with Crippen LogP contribution in [-0.2, 0) is 14.8 Å². The molecule has 31 heavy (non-hydrogen) atoms. The zero-order valence-electron chi connectivity index (χ0n) is 17.2. The summed E-state index contributed by atoms with van der Waals surface area (Å²) in [6.45, 7) is 1.52. The van der Waals surface area contributed by atoms with E-state index in [-0.39, 0.29) is 23.6 Å². The van der Waals surface area contributed by atoms with Gasteiger partial charge in [0.05, 0.1) is 11.4 Å². The molecule has 2 aliphatic rings. The van der Waals surface area contributed by atoms with Crippen molar-refractivity contribution in [1.29, 1.82) is 0 Å². The number of piperidine rings is 1. The molecule has 2 N–H and O–H groups in total. The van der Waals surface area contributed by atoms with Gasteiger partial charge in [0.15, 0.2) is 0 Å². The number of benzene rings is 2. The number of para-hydroxylation sites is 1. The van der Waals surface area contributed by atoms with Crippen molar-refractivity contribution in [2.45, 2.75) is 19.3 Å². The van der Waals surface area contributed by atoms with E-state index in [9.17, 15) is 18.0 Å². The Morgan fingerprint density at radius 3 is 2.10 bits per heavy atom. The highest BCUT2D eigenvalue weighted by Crippen LogP contribution is 2.26. The fourth-order valence-corrected chi connectivity index (χ4v) is 5.52. The van der Waals surface area contributed by atoms with Gasteiger partial charge in [0.25, 0.3) is 0 Å². The Labute approximate surface area is 182 Å². The van der Waals surface area contributed by atoms with Gasteiger partial charge in [-0.2, -0.15) is 0 Å². The molecule has 2 aromatic rings. The standard InChI is InChI=1S/C22H26N4O4S/c27-21(23-19-7-9-20(10-8-19)26-13-4-16-31(26,29)30)17-11-14-25(15-12-17)22(28)24-18-5-2-1-3-6-18/h1-3,5-10,17H,4,11-16H2,(H,23,27)(H,24,28). The third-order valence-electron chi connectivity index (χ3n) is 5.70. The highest BCUT2D eigenvalue weighted by atomic mass is 32.2. The van der Waals surface area contributed by atoms with Gasteiger partial charge in [-0.15, -0.1) is 0 Å². The first-order valence-corrected chi connectivity index (χ1v) is 12.1. The molecule has 0 atom stereocenters. The molecule has 2 saturated heterocycles. The summed E-state index contributed by atoms with van der Waals surface area (Å²) in [5, 5.41) is 5.78. The van der Waals surface area contributed by atoms with E-state index in [0.29, 0.717) is 50.3 Å². The van der Waals surface area contributed by atoms with Gasteiger partial charge in [0.1, 0.15) is 0 Å². The predicted molar refractivity (Wildman–Crippen MR) is 121 cm³/mol. The van der Waals surface area contributed by atoms with Gasteiger partial charge in [-0.1, -0.05) is 18.2 Å².